The van der Waals surface area contributed by atoms with Crippen molar-refractivity contribution in [1.29, 1.82) is 0 Å². The van der Waals surface area contributed by atoms with Crippen molar-refractivity contribution in [2.24, 2.45) is 10.7 Å². The maximum absolute atomic E-state index is 13.5. The van der Waals surface area contributed by atoms with Gasteiger partial charge in [0.15, 0.2) is 0 Å². The maximum Gasteiger partial charge on any atom is 0.573 e. The van der Waals surface area contributed by atoms with Crippen LogP contribution in [-0.4, -0.2) is 18.3 Å². The first-order chi connectivity index (χ1) is 16.6. The molecule has 0 saturated carbocycles. The predicted molar refractivity (Wildman–Crippen MR) is 115 cm³/mol. The molecule has 0 spiro atoms. The van der Waals surface area contributed by atoms with Crippen LogP contribution in [0.2, 0.25) is 0 Å². The summed E-state index contributed by atoms with van der Waals surface area (Å²) >= 11 is 0. The summed E-state index contributed by atoms with van der Waals surface area (Å²) in [7, 11) is 0. The van der Waals surface area contributed by atoms with E-state index in [9.17, 15) is 39.5 Å². The summed E-state index contributed by atoms with van der Waals surface area (Å²) < 4.78 is 121. The molecule has 0 atom stereocenters. The summed E-state index contributed by atoms with van der Waals surface area (Å²) in [6.07, 6.45) is -14.5. The van der Waals surface area contributed by atoms with Crippen LogP contribution in [-0.2, 0) is 6.18 Å². The summed E-state index contributed by atoms with van der Waals surface area (Å²) in [5, 5.41) is 0. The highest BCUT2D eigenvalue weighted by molar-refractivity contribution is 6.11. The number of hydrogen-bond acceptors (Lipinski definition) is 3. The van der Waals surface area contributed by atoms with Gasteiger partial charge in [-0.05, 0) is 47.5 Å². The lowest BCUT2D eigenvalue weighted by atomic mass is 10.0. The van der Waals surface area contributed by atoms with E-state index in [2.05, 4.69) is 9.73 Å². The maximum atomic E-state index is 13.5. The molecule has 190 valence electrons. The third kappa shape index (κ3) is 7.03. The van der Waals surface area contributed by atoms with E-state index in [-0.39, 0.29) is 5.69 Å². The second-order valence-electron chi connectivity index (χ2n) is 7.26. The van der Waals surface area contributed by atoms with E-state index in [0.717, 1.165) is 24.3 Å². The van der Waals surface area contributed by atoms with Crippen LogP contribution >= 0.6 is 0 Å². The number of rotatable bonds is 5. The zero-order chi connectivity index (χ0) is 26.7. The van der Waals surface area contributed by atoms with Gasteiger partial charge in [-0.2, -0.15) is 26.3 Å². The fourth-order valence-corrected chi connectivity index (χ4v) is 3.09. The van der Waals surface area contributed by atoms with Gasteiger partial charge in [-0.25, -0.2) is 4.99 Å². The largest absolute Gasteiger partial charge is 0.573 e. The SMILES string of the molecule is NC(=CC(=Nc1ccc(-c2cccc(OC(F)(F)F)c2)cc1)c1ccccc1C(F)(F)F)C(F)(F)F. The Morgan fingerprint density at radius 3 is 1.97 bits per heavy atom. The van der Waals surface area contributed by atoms with Crippen LogP contribution in [0.15, 0.2) is 89.6 Å². The molecule has 0 heterocycles. The van der Waals surface area contributed by atoms with Crippen molar-refractivity contribution in [3.8, 4) is 16.9 Å². The molecule has 0 fully saturated rings. The van der Waals surface area contributed by atoms with Gasteiger partial charge >= 0.3 is 18.7 Å². The first-order valence-corrected chi connectivity index (χ1v) is 9.89. The Morgan fingerprint density at radius 2 is 1.39 bits per heavy atom. The lowest BCUT2D eigenvalue weighted by Crippen LogP contribution is -2.21. The van der Waals surface area contributed by atoms with Crippen LogP contribution in [0, 0.1) is 0 Å². The molecule has 36 heavy (non-hydrogen) atoms. The zero-order valence-corrected chi connectivity index (χ0v) is 17.8. The van der Waals surface area contributed by atoms with Crippen molar-refractivity contribution in [2.75, 3.05) is 0 Å². The monoisotopic (exact) mass is 518 g/mol. The molecule has 0 aliphatic rings. The number of aliphatic imine (C=N–C) groups is 1. The topological polar surface area (TPSA) is 47.6 Å². The second kappa shape index (κ2) is 9.96. The predicted octanol–water partition coefficient (Wildman–Crippen LogP) is 7.80. The molecule has 0 aliphatic heterocycles. The molecule has 0 aromatic heterocycles. The zero-order valence-electron chi connectivity index (χ0n) is 17.8. The molecule has 0 unspecified atom stereocenters. The summed E-state index contributed by atoms with van der Waals surface area (Å²) in [6, 6.07) is 14.3. The number of nitrogens with zero attached hydrogens (tertiary/aromatic N) is 1. The van der Waals surface area contributed by atoms with Crippen LogP contribution < -0.4 is 10.5 Å². The molecule has 0 aliphatic carbocycles. The van der Waals surface area contributed by atoms with Crippen molar-refractivity contribution >= 4 is 11.4 Å². The van der Waals surface area contributed by atoms with Gasteiger partial charge < -0.3 is 10.5 Å². The minimum absolute atomic E-state index is 0.0281. The van der Waals surface area contributed by atoms with Gasteiger partial charge in [0.25, 0.3) is 0 Å². The summed E-state index contributed by atoms with van der Waals surface area (Å²) in [6.45, 7) is 0. The fourth-order valence-electron chi connectivity index (χ4n) is 3.09. The number of nitrogens with two attached hydrogens (primary N) is 1. The standard InChI is InChI=1S/C24H15F9N2O/c25-22(26,27)19-7-2-1-6-18(19)20(13-21(34)23(28,29)30)35-16-10-8-14(9-11-16)15-4-3-5-17(12-15)36-24(31,32)33/h1-13H,34H2. The molecule has 3 nitrogen and oxygen atoms in total. The molecule has 3 aromatic rings. The number of hydrogen-bond donors (Lipinski definition) is 1. The summed E-state index contributed by atoms with van der Waals surface area (Å²) in [5.74, 6) is -0.471. The Balaban J connectivity index is 2.05. The Bertz CT molecular complexity index is 1270. The first kappa shape index (κ1) is 26.6. The van der Waals surface area contributed by atoms with Crippen LogP contribution in [0.3, 0.4) is 0 Å². The lowest BCUT2D eigenvalue weighted by molar-refractivity contribution is -0.274. The smallest absolute Gasteiger partial charge is 0.406 e. The van der Waals surface area contributed by atoms with E-state index in [4.69, 9.17) is 5.73 Å². The van der Waals surface area contributed by atoms with Gasteiger partial charge in [-0.3, -0.25) is 0 Å². The number of ether oxygens (including phenoxy) is 1. The molecule has 0 saturated heterocycles. The minimum atomic E-state index is -5.01. The molecule has 0 amide bonds. The molecule has 0 radical (unpaired) electrons. The van der Waals surface area contributed by atoms with Gasteiger partial charge in [0.1, 0.15) is 11.4 Å². The summed E-state index contributed by atoms with van der Waals surface area (Å²) in [4.78, 5) is 3.94. The second-order valence-corrected chi connectivity index (χ2v) is 7.26. The van der Waals surface area contributed by atoms with Crippen molar-refractivity contribution in [3.05, 3.63) is 95.7 Å². The highest BCUT2D eigenvalue weighted by Crippen LogP contribution is 2.34. The van der Waals surface area contributed by atoms with E-state index >= 15 is 0 Å². The number of alkyl halides is 9. The minimum Gasteiger partial charge on any atom is -0.406 e. The van der Waals surface area contributed by atoms with Gasteiger partial charge in [0, 0.05) is 5.56 Å². The van der Waals surface area contributed by atoms with Crippen LogP contribution in [0.25, 0.3) is 11.1 Å². The molecular formula is C24H15F9N2O. The Kier molecular flexibility index (Phi) is 7.37. The quantitative estimate of drug-likeness (QED) is 0.277. The summed E-state index contributed by atoms with van der Waals surface area (Å²) in [5.41, 5.74) is 1.54. The number of halogens is 9. The molecule has 0 bridgehead atoms. The van der Waals surface area contributed by atoms with Gasteiger partial charge in [-0.15, -0.1) is 13.2 Å². The highest BCUT2D eigenvalue weighted by Gasteiger charge is 2.36. The third-order valence-electron chi connectivity index (χ3n) is 4.65. The lowest BCUT2D eigenvalue weighted by Gasteiger charge is -2.14. The normalized spacial score (nSPS) is 13.6. The van der Waals surface area contributed by atoms with E-state index in [1.165, 1.54) is 42.5 Å². The van der Waals surface area contributed by atoms with Gasteiger partial charge in [-0.1, -0.05) is 42.5 Å². The average Bonchev–Trinajstić information content (AvgIpc) is 2.77. The Labute approximate surface area is 198 Å². The number of allylic oxidation sites excluding steroid dienone is 2. The Hall–Kier alpha value is -3.96. The van der Waals surface area contributed by atoms with Crippen molar-refractivity contribution in [2.45, 2.75) is 18.7 Å². The van der Waals surface area contributed by atoms with Crippen LogP contribution in [0.5, 0.6) is 5.75 Å². The third-order valence-corrected chi connectivity index (χ3v) is 4.65. The van der Waals surface area contributed by atoms with E-state index in [1.54, 1.807) is 0 Å². The fraction of sp³-hybridized carbons (Fsp3) is 0.125. The van der Waals surface area contributed by atoms with E-state index in [0.29, 0.717) is 23.3 Å². The average molecular weight is 518 g/mol. The van der Waals surface area contributed by atoms with Crippen molar-refractivity contribution < 1.29 is 44.3 Å². The molecule has 2 N–H and O–H groups in total. The highest BCUT2D eigenvalue weighted by atomic mass is 19.4. The van der Waals surface area contributed by atoms with Crippen LogP contribution in [0.4, 0.5) is 45.2 Å². The van der Waals surface area contributed by atoms with E-state index < -0.39 is 47.0 Å². The van der Waals surface area contributed by atoms with Gasteiger partial charge in [0.05, 0.1) is 17.0 Å². The Morgan fingerprint density at radius 1 is 0.750 bits per heavy atom. The first-order valence-electron chi connectivity index (χ1n) is 9.89. The van der Waals surface area contributed by atoms with Gasteiger partial charge in [0.2, 0.25) is 0 Å². The molecular weight excluding hydrogens is 503 g/mol. The molecule has 12 heteroatoms. The van der Waals surface area contributed by atoms with Crippen molar-refractivity contribution in [1.82, 2.24) is 0 Å². The molecule has 3 rings (SSSR count). The van der Waals surface area contributed by atoms with Crippen LogP contribution in [0.1, 0.15) is 11.1 Å². The van der Waals surface area contributed by atoms with E-state index in [1.807, 2.05) is 0 Å². The number of benzene rings is 3. The molecule has 3 aromatic carbocycles. The van der Waals surface area contributed by atoms with Crippen molar-refractivity contribution in [3.63, 3.8) is 0 Å².